The van der Waals surface area contributed by atoms with Crippen molar-refractivity contribution in [2.45, 2.75) is 31.6 Å². The summed E-state index contributed by atoms with van der Waals surface area (Å²) < 4.78 is 44.3. The summed E-state index contributed by atoms with van der Waals surface area (Å²) in [5, 5.41) is 7.38. The highest BCUT2D eigenvalue weighted by Gasteiger charge is 2.32. The molecule has 4 radical (unpaired) electrons. The van der Waals surface area contributed by atoms with Crippen LogP contribution in [-0.4, -0.2) is 49.8 Å². The Morgan fingerprint density at radius 1 is 1.24 bits per heavy atom. The Kier molecular flexibility index (Phi) is 5.27. The SMILES string of the molecule is [B]C([B])(O)c1sc2c(c1C)c(=O)n(CC(F)(F)F)c(=O)n2CCOC. The van der Waals surface area contributed by atoms with Crippen molar-refractivity contribution in [3.63, 3.8) is 0 Å². The van der Waals surface area contributed by atoms with Crippen LogP contribution in [0.3, 0.4) is 0 Å². The van der Waals surface area contributed by atoms with Gasteiger partial charge < -0.3 is 9.84 Å². The number of aliphatic hydroxyl groups is 1. The van der Waals surface area contributed by atoms with E-state index in [1.807, 2.05) is 0 Å². The number of ether oxygens (including phenoxy) is 1. The second-order valence-electron chi connectivity index (χ2n) is 5.50. The highest BCUT2D eigenvalue weighted by Crippen LogP contribution is 2.33. The Labute approximate surface area is 146 Å². The fourth-order valence-electron chi connectivity index (χ4n) is 2.48. The molecule has 132 valence electrons. The van der Waals surface area contributed by atoms with E-state index in [0.717, 1.165) is 15.9 Å². The number of hydrogen-bond donors (Lipinski definition) is 1. The third-order valence-electron chi connectivity index (χ3n) is 3.51. The van der Waals surface area contributed by atoms with Crippen molar-refractivity contribution >= 4 is 37.2 Å². The zero-order valence-electron chi connectivity index (χ0n) is 13.4. The maximum absolute atomic E-state index is 12.8. The van der Waals surface area contributed by atoms with Crippen LogP contribution in [0, 0.1) is 6.92 Å². The highest BCUT2D eigenvalue weighted by atomic mass is 32.1. The van der Waals surface area contributed by atoms with Gasteiger partial charge in [0.1, 0.15) is 27.1 Å². The molecule has 2 aromatic rings. The molecule has 2 aromatic heterocycles. The third-order valence-corrected chi connectivity index (χ3v) is 4.97. The molecule has 2 rings (SSSR count). The van der Waals surface area contributed by atoms with Gasteiger partial charge in [-0.25, -0.2) is 4.79 Å². The standard InChI is InChI=1S/C13H13B2F3N2O4S/c1-6-7-9(21)20(5-12(16,17)18)11(22)19(3-4-24-2)10(7)25-8(6)13(14,15)23/h23H,3-5H2,1-2H3. The Morgan fingerprint density at radius 2 is 1.84 bits per heavy atom. The van der Waals surface area contributed by atoms with Crippen molar-refractivity contribution in [1.29, 1.82) is 0 Å². The summed E-state index contributed by atoms with van der Waals surface area (Å²) >= 11 is 0.776. The van der Waals surface area contributed by atoms with Gasteiger partial charge in [0.15, 0.2) is 0 Å². The Bertz CT molecular complexity index is 912. The Morgan fingerprint density at radius 3 is 2.32 bits per heavy atom. The van der Waals surface area contributed by atoms with Crippen LogP contribution in [0.4, 0.5) is 13.2 Å². The molecule has 0 aliphatic carbocycles. The number of hydrogen-bond acceptors (Lipinski definition) is 5. The molecule has 0 aliphatic rings. The fraction of sp³-hybridized carbons (Fsp3) is 0.538. The number of thiophene rings is 1. The average Bonchev–Trinajstić information content (AvgIpc) is 2.80. The van der Waals surface area contributed by atoms with Crippen LogP contribution in [0.5, 0.6) is 0 Å². The maximum atomic E-state index is 12.8. The smallest absolute Gasteiger partial charge is 0.404 e. The number of aryl methyl sites for hydroxylation is 1. The van der Waals surface area contributed by atoms with Gasteiger partial charge in [-0.05, 0) is 12.5 Å². The van der Waals surface area contributed by atoms with Gasteiger partial charge in [-0.1, -0.05) is 0 Å². The summed E-state index contributed by atoms with van der Waals surface area (Å²) in [6.45, 7) is -0.394. The largest absolute Gasteiger partial charge is 0.406 e. The molecule has 2 heterocycles. The zero-order valence-corrected chi connectivity index (χ0v) is 14.2. The minimum absolute atomic E-state index is 0.0186. The first-order valence-corrected chi connectivity index (χ1v) is 7.83. The second-order valence-corrected chi connectivity index (χ2v) is 6.49. The van der Waals surface area contributed by atoms with E-state index in [1.165, 1.54) is 14.0 Å². The van der Waals surface area contributed by atoms with Gasteiger partial charge in [0.2, 0.25) is 0 Å². The summed E-state index contributed by atoms with van der Waals surface area (Å²) in [6.07, 6.45) is -4.76. The molecule has 0 atom stereocenters. The fourth-order valence-corrected chi connectivity index (χ4v) is 3.71. The molecule has 0 bridgehead atoms. The van der Waals surface area contributed by atoms with E-state index in [9.17, 15) is 27.9 Å². The van der Waals surface area contributed by atoms with Gasteiger partial charge in [-0.15, -0.1) is 11.3 Å². The molecule has 0 aromatic carbocycles. The predicted octanol–water partition coefficient (Wildman–Crippen LogP) is 0.181. The van der Waals surface area contributed by atoms with E-state index in [-0.39, 0.29) is 38.4 Å². The number of alkyl halides is 3. The number of nitrogens with zero attached hydrogens (tertiary/aromatic N) is 2. The van der Waals surface area contributed by atoms with Crippen LogP contribution in [-0.2, 0) is 23.2 Å². The molecule has 6 nitrogen and oxygen atoms in total. The van der Waals surface area contributed by atoms with Crippen molar-refractivity contribution < 1.29 is 23.0 Å². The minimum atomic E-state index is -4.76. The topological polar surface area (TPSA) is 73.5 Å². The highest BCUT2D eigenvalue weighted by molar-refractivity contribution is 7.19. The first kappa shape index (κ1) is 19.8. The number of rotatable bonds is 5. The van der Waals surface area contributed by atoms with Gasteiger partial charge in [0.25, 0.3) is 5.56 Å². The normalized spacial score (nSPS) is 12.9. The van der Waals surface area contributed by atoms with Crippen LogP contribution in [0.15, 0.2) is 9.59 Å². The van der Waals surface area contributed by atoms with Crippen LogP contribution >= 0.6 is 11.3 Å². The third kappa shape index (κ3) is 3.85. The summed E-state index contributed by atoms with van der Waals surface area (Å²) in [6, 6.07) is 0. The van der Waals surface area contributed by atoms with Crippen LogP contribution < -0.4 is 11.2 Å². The van der Waals surface area contributed by atoms with Crippen molar-refractivity contribution in [2.75, 3.05) is 13.7 Å². The predicted molar refractivity (Wildman–Crippen MR) is 88.4 cm³/mol. The van der Waals surface area contributed by atoms with E-state index in [0.29, 0.717) is 0 Å². The van der Waals surface area contributed by atoms with E-state index in [4.69, 9.17) is 20.4 Å². The molecule has 0 amide bonds. The maximum Gasteiger partial charge on any atom is 0.406 e. The van der Waals surface area contributed by atoms with Crippen molar-refractivity contribution in [1.82, 2.24) is 9.13 Å². The van der Waals surface area contributed by atoms with E-state index in [1.54, 1.807) is 0 Å². The minimum Gasteiger partial charge on any atom is -0.404 e. The molecular formula is C13H13B2F3N2O4S. The van der Waals surface area contributed by atoms with Gasteiger partial charge in [-0.3, -0.25) is 13.9 Å². The molecule has 12 heteroatoms. The summed E-state index contributed by atoms with van der Waals surface area (Å²) in [5.41, 5.74) is -2.12. The van der Waals surface area contributed by atoms with Crippen LogP contribution in [0.25, 0.3) is 10.2 Å². The van der Waals surface area contributed by atoms with Gasteiger partial charge >= 0.3 is 11.9 Å². The molecule has 0 aliphatic heterocycles. The average molecular weight is 372 g/mol. The van der Waals surface area contributed by atoms with Gasteiger partial charge in [-0.2, -0.15) is 13.2 Å². The van der Waals surface area contributed by atoms with Crippen molar-refractivity contribution in [3.8, 4) is 0 Å². The molecule has 1 N–H and O–H groups in total. The van der Waals surface area contributed by atoms with Crippen LogP contribution in [0.2, 0.25) is 0 Å². The van der Waals surface area contributed by atoms with Gasteiger partial charge in [0, 0.05) is 17.4 Å². The quantitative estimate of drug-likeness (QED) is 0.761. The summed E-state index contributed by atoms with van der Waals surface area (Å²) in [7, 11) is 12.2. The zero-order chi connectivity index (χ0) is 19.2. The second kappa shape index (κ2) is 6.65. The molecule has 0 saturated carbocycles. The Hall–Kier alpha value is -1.52. The molecule has 0 saturated heterocycles. The first-order valence-electron chi connectivity index (χ1n) is 7.01. The van der Waals surface area contributed by atoms with Crippen LogP contribution in [0.1, 0.15) is 10.4 Å². The van der Waals surface area contributed by atoms with Crippen molar-refractivity contribution in [3.05, 3.63) is 31.3 Å². The Balaban J connectivity index is 2.91. The summed E-state index contributed by atoms with van der Waals surface area (Å²) in [4.78, 5) is 24.9. The molecule has 0 fully saturated rings. The lowest BCUT2D eigenvalue weighted by atomic mass is 9.64. The van der Waals surface area contributed by atoms with E-state index in [2.05, 4.69) is 0 Å². The first-order chi connectivity index (χ1) is 11.4. The monoisotopic (exact) mass is 372 g/mol. The number of halogens is 3. The van der Waals surface area contributed by atoms with Gasteiger partial charge in [0.05, 0.1) is 18.5 Å². The lowest BCUT2D eigenvalue weighted by Gasteiger charge is -2.17. The van der Waals surface area contributed by atoms with Crippen molar-refractivity contribution in [2.24, 2.45) is 0 Å². The number of fused-ring (bicyclic) bond motifs is 1. The molecular weight excluding hydrogens is 359 g/mol. The molecule has 25 heavy (non-hydrogen) atoms. The number of aromatic nitrogens is 2. The van der Waals surface area contributed by atoms with E-state index < -0.39 is 29.4 Å². The lowest BCUT2D eigenvalue weighted by Crippen LogP contribution is -2.43. The number of methoxy groups -OCH3 is 1. The molecule has 0 unspecified atom stereocenters. The summed E-state index contributed by atoms with van der Waals surface area (Å²) in [5.74, 6) is 0. The van der Waals surface area contributed by atoms with E-state index >= 15 is 0 Å². The lowest BCUT2D eigenvalue weighted by molar-refractivity contribution is -0.141. The molecule has 0 spiro atoms.